The average molecular weight is 354 g/mol. The van der Waals surface area contributed by atoms with E-state index in [1.165, 1.54) is 23.5 Å². The van der Waals surface area contributed by atoms with Gasteiger partial charge in [-0.25, -0.2) is 13.1 Å². The minimum Gasteiger partial charge on any atom is -0.438 e. The van der Waals surface area contributed by atoms with Crippen LogP contribution in [-0.4, -0.2) is 30.6 Å². The maximum absolute atomic E-state index is 12.1. The molecule has 0 unspecified atom stereocenters. The first-order valence-corrected chi connectivity index (χ1v) is 9.58. The highest BCUT2D eigenvalue weighted by atomic mass is 32.2. The van der Waals surface area contributed by atoms with Gasteiger partial charge < -0.3 is 4.42 Å². The zero-order chi connectivity index (χ0) is 16.0. The van der Waals surface area contributed by atoms with Gasteiger partial charge in [0, 0.05) is 12.0 Å². The lowest BCUT2D eigenvalue weighted by Gasteiger charge is -2.01. The highest BCUT2D eigenvalue weighted by Crippen LogP contribution is 2.42. The zero-order valence-corrected chi connectivity index (χ0v) is 13.6. The first kappa shape index (κ1) is 14.8. The van der Waals surface area contributed by atoms with Crippen molar-refractivity contribution in [2.75, 3.05) is 5.32 Å². The Morgan fingerprint density at radius 3 is 2.70 bits per heavy atom. The Morgan fingerprint density at radius 2 is 2.00 bits per heavy atom. The van der Waals surface area contributed by atoms with E-state index < -0.39 is 15.9 Å². The molecule has 23 heavy (non-hydrogen) atoms. The van der Waals surface area contributed by atoms with E-state index >= 15 is 0 Å². The van der Waals surface area contributed by atoms with Crippen molar-refractivity contribution in [2.45, 2.75) is 42.7 Å². The molecule has 0 aromatic carbocycles. The molecule has 0 bridgehead atoms. The number of hydrogen-bond acceptors (Lipinski definition) is 7. The molecule has 2 aliphatic carbocycles. The second-order valence-corrected chi connectivity index (χ2v) is 8.34. The number of amides is 1. The molecular formula is C13H14N4O4S2. The number of nitrogens with zero attached hydrogens (tertiary/aromatic N) is 2. The lowest BCUT2D eigenvalue weighted by molar-refractivity contribution is 0.0991. The summed E-state index contributed by atoms with van der Waals surface area (Å²) in [6.07, 6.45) is 3.87. The fourth-order valence-electron chi connectivity index (χ4n) is 2.00. The maximum Gasteiger partial charge on any atom is 0.293 e. The molecule has 122 valence electrons. The van der Waals surface area contributed by atoms with Gasteiger partial charge in [-0.05, 0) is 37.8 Å². The maximum atomic E-state index is 12.1. The van der Waals surface area contributed by atoms with Crippen LogP contribution in [0.3, 0.4) is 0 Å². The summed E-state index contributed by atoms with van der Waals surface area (Å²) in [5.74, 6) is -0.160. The van der Waals surface area contributed by atoms with Gasteiger partial charge in [-0.2, -0.15) is 0 Å². The van der Waals surface area contributed by atoms with E-state index in [0.29, 0.717) is 11.0 Å². The molecule has 0 atom stereocenters. The van der Waals surface area contributed by atoms with E-state index in [2.05, 4.69) is 20.2 Å². The lowest BCUT2D eigenvalue weighted by Crippen LogP contribution is -2.25. The van der Waals surface area contributed by atoms with Gasteiger partial charge in [-0.3, -0.25) is 10.1 Å². The molecule has 2 aromatic heterocycles. The van der Waals surface area contributed by atoms with Crippen LogP contribution in [0.5, 0.6) is 0 Å². The molecule has 2 fully saturated rings. The van der Waals surface area contributed by atoms with Crippen LogP contribution in [0.4, 0.5) is 5.13 Å². The molecule has 8 nitrogen and oxygen atoms in total. The summed E-state index contributed by atoms with van der Waals surface area (Å²) < 4.78 is 31.7. The Bertz CT molecular complexity index is 849. The number of carbonyl (C=O) groups excluding carboxylic acids is 1. The van der Waals surface area contributed by atoms with Crippen molar-refractivity contribution in [1.82, 2.24) is 14.9 Å². The summed E-state index contributed by atoms with van der Waals surface area (Å²) in [5, 5.41) is 11.6. The number of carbonyl (C=O) groups is 1. The van der Waals surface area contributed by atoms with Gasteiger partial charge in [-0.1, -0.05) is 11.3 Å². The predicted molar refractivity (Wildman–Crippen MR) is 81.9 cm³/mol. The normalized spacial score (nSPS) is 18.1. The molecule has 2 N–H and O–H groups in total. The fourth-order valence-corrected chi connectivity index (χ4v) is 4.15. The van der Waals surface area contributed by atoms with Crippen LogP contribution >= 0.6 is 11.3 Å². The quantitative estimate of drug-likeness (QED) is 0.816. The van der Waals surface area contributed by atoms with E-state index in [9.17, 15) is 13.2 Å². The number of furan rings is 1. The Labute approximate surface area is 136 Å². The molecule has 2 aromatic rings. The van der Waals surface area contributed by atoms with Crippen LogP contribution in [0.2, 0.25) is 0 Å². The van der Waals surface area contributed by atoms with Crippen LogP contribution in [0.1, 0.15) is 47.2 Å². The molecule has 0 saturated heterocycles. The van der Waals surface area contributed by atoms with E-state index in [1.54, 1.807) is 0 Å². The molecule has 1 amide bonds. The van der Waals surface area contributed by atoms with Crippen molar-refractivity contribution in [3.63, 3.8) is 0 Å². The fraction of sp³-hybridized carbons (Fsp3) is 0.462. The van der Waals surface area contributed by atoms with E-state index in [-0.39, 0.29) is 16.9 Å². The molecular weight excluding hydrogens is 340 g/mol. The van der Waals surface area contributed by atoms with Crippen molar-refractivity contribution < 1.29 is 17.6 Å². The van der Waals surface area contributed by atoms with Crippen molar-refractivity contribution in [2.24, 2.45) is 0 Å². The predicted octanol–water partition coefficient (Wildman–Crippen LogP) is 1.70. The monoisotopic (exact) mass is 354 g/mol. The molecule has 10 heteroatoms. The smallest absolute Gasteiger partial charge is 0.293 e. The van der Waals surface area contributed by atoms with Crippen LogP contribution in [0.25, 0.3) is 0 Å². The van der Waals surface area contributed by atoms with Crippen LogP contribution in [-0.2, 0) is 10.0 Å². The summed E-state index contributed by atoms with van der Waals surface area (Å²) in [7, 11) is -3.70. The summed E-state index contributed by atoms with van der Waals surface area (Å²) in [6.45, 7) is 0. The SMILES string of the molecule is O=C(Nc1nnc(C2CC2)s1)c1ccc(S(=O)(=O)NC2CC2)o1. The molecule has 2 aliphatic rings. The van der Waals surface area contributed by atoms with Crippen molar-refractivity contribution in [3.05, 3.63) is 22.9 Å². The van der Waals surface area contributed by atoms with Gasteiger partial charge in [-0.15, -0.1) is 10.2 Å². The summed E-state index contributed by atoms with van der Waals surface area (Å²) in [5.41, 5.74) is 0. The topological polar surface area (TPSA) is 114 Å². The Morgan fingerprint density at radius 1 is 1.22 bits per heavy atom. The molecule has 2 heterocycles. The minimum atomic E-state index is -3.70. The third-order valence-corrected chi connectivity index (χ3v) is 5.95. The molecule has 0 aliphatic heterocycles. The molecule has 2 saturated carbocycles. The number of nitrogens with one attached hydrogen (secondary N) is 2. The van der Waals surface area contributed by atoms with Gasteiger partial charge in [0.1, 0.15) is 5.01 Å². The highest BCUT2D eigenvalue weighted by Gasteiger charge is 2.31. The van der Waals surface area contributed by atoms with Gasteiger partial charge in [0.2, 0.25) is 10.2 Å². The Kier molecular flexibility index (Phi) is 3.47. The third-order valence-electron chi connectivity index (χ3n) is 3.56. The molecule has 0 radical (unpaired) electrons. The van der Waals surface area contributed by atoms with Crippen molar-refractivity contribution in [1.29, 1.82) is 0 Å². The van der Waals surface area contributed by atoms with Crippen molar-refractivity contribution in [3.8, 4) is 0 Å². The summed E-state index contributed by atoms with van der Waals surface area (Å²) >= 11 is 1.33. The van der Waals surface area contributed by atoms with Gasteiger partial charge in [0.15, 0.2) is 5.76 Å². The van der Waals surface area contributed by atoms with E-state index in [4.69, 9.17) is 4.42 Å². The van der Waals surface area contributed by atoms with Gasteiger partial charge in [0.05, 0.1) is 0 Å². The average Bonchev–Trinajstić information content (AvgIpc) is 3.41. The highest BCUT2D eigenvalue weighted by molar-refractivity contribution is 7.89. The van der Waals surface area contributed by atoms with E-state index in [0.717, 1.165) is 30.7 Å². The molecule has 0 spiro atoms. The van der Waals surface area contributed by atoms with Crippen LogP contribution in [0.15, 0.2) is 21.6 Å². The third kappa shape index (κ3) is 3.28. The van der Waals surface area contributed by atoms with Gasteiger partial charge in [0.25, 0.3) is 15.9 Å². The second kappa shape index (κ2) is 5.39. The zero-order valence-electron chi connectivity index (χ0n) is 12.0. The number of hydrogen-bond donors (Lipinski definition) is 2. The Balaban J connectivity index is 1.45. The number of sulfonamides is 1. The Hall–Kier alpha value is -1.78. The summed E-state index contributed by atoms with van der Waals surface area (Å²) in [6, 6.07) is 2.58. The van der Waals surface area contributed by atoms with Gasteiger partial charge >= 0.3 is 0 Å². The first-order valence-electron chi connectivity index (χ1n) is 7.28. The summed E-state index contributed by atoms with van der Waals surface area (Å²) in [4.78, 5) is 12.1. The standard InChI is InChI=1S/C13H14N4O4S2/c18-11(14-13-16-15-12(22-13)7-1-2-7)9-5-6-10(21-9)23(19,20)17-8-3-4-8/h5-8,17H,1-4H2,(H,14,16,18). The lowest BCUT2D eigenvalue weighted by atomic mass is 10.4. The van der Waals surface area contributed by atoms with Crippen molar-refractivity contribution >= 4 is 32.4 Å². The minimum absolute atomic E-state index is 0.0235. The number of rotatable bonds is 6. The van der Waals surface area contributed by atoms with E-state index in [1.807, 2.05) is 0 Å². The largest absolute Gasteiger partial charge is 0.438 e. The van der Waals surface area contributed by atoms with Crippen LogP contribution in [0, 0.1) is 0 Å². The first-order chi connectivity index (χ1) is 11.0. The number of anilines is 1. The second-order valence-electron chi connectivity index (χ2n) is 5.69. The molecule has 4 rings (SSSR count). The number of aromatic nitrogens is 2. The van der Waals surface area contributed by atoms with Crippen LogP contribution < -0.4 is 10.0 Å².